The van der Waals surface area contributed by atoms with Gasteiger partial charge >= 0.3 is 0 Å². The van der Waals surface area contributed by atoms with Crippen molar-refractivity contribution in [2.24, 2.45) is 0 Å². The number of carbonyl (C=O) groups excluding carboxylic acids is 1. The molecule has 138 valence electrons. The second-order valence-corrected chi connectivity index (χ2v) is 8.71. The first-order chi connectivity index (χ1) is 13.2. The predicted octanol–water partition coefficient (Wildman–Crippen LogP) is 4.95. The second-order valence-electron chi connectivity index (χ2n) is 6.48. The summed E-state index contributed by atoms with van der Waals surface area (Å²) in [6.07, 6.45) is 4.12. The maximum atomic E-state index is 12.2. The number of H-pyrrole nitrogens is 1. The van der Waals surface area contributed by atoms with Gasteiger partial charge in [-0.05, 0) is 43.5 Å². The minimum Gasteiger partial charge on any atom is -0.361 e. The minimum atomic E-state index is 0.104. The van der Waals surface area contributed by atoms with Crippen LogP contribution in [-0.2, 0) is 17.6 Å². The van der Waals surface area contributed by atoms with E-state index in [1.165, 1.54) is 20.7 Å². The number of hydrogen-bond acceptors (Lipinski definition) is 4. The molecule has 6 heteroatoms. The van der Waals surface area contributed by atoms with E-state index in [1.807, 2.05) is 25.3 Å². The molecule has 0 aliphatic carbocycles. The molecule has 1 aromatic carbocycles. The van der Waals surface area contributed by atoms with Crippen molar-refractivity contribution in [2.75, 3.05) is 6.54 Å². The number of aromatic amines is 1. The van der Waals surface area contributed by atoms with Gasteiger partial charge in [0, 0.05) is 40.3 Å². The van der Waals surface area contributed by atoms with Gasteiger partial charge in [0.05, 0.1) is 15.6 Å². The van der Waals surface area contributed by atoms with Gasteiger partial charge in [0.15, 0.2) is 0 Å². The number of benzene rings is 1. The lowest BCUT2D eigenvalue weighted by Crippen LogP contribution is -2.25. The van der Waals surface area contributed by atoms with Gasteiger partial charge in [-0.1, -0.05) is 18.2 Å². The van der Waals surface area contributed by atoms with E-state index in [1.54, 1.807) is 22.7 Å². The van der Waals surface area contributed by atoms with Crippen molar-refractivity contribution in [1.29, 1.82) is 0 Å². The molecule has 4 aromatic rings. The molecule has 1 amide bonds. The summed E-state index contributed by atoms with van der Waals surface area (Å²) in [5, 5.41) is 7.42. The van der Waals surface area contributed by atoms with Crippen molar-refractivity contribution < 1.29 is 4.79 Å². The molecule has 0 unspecified atom stereocenters. The molecule has 0 radical (unpaired) electrons. The van der Waals surface area contributed by atoms with E-state index in [0.717, 1.165) is 29.1 Å². The van der Waals surface area contributed by atoms with E-state index >= 15 is 0 Å². The van der Waals surface area contributed by atoms with Gasteiger partial charge in [0.1, 0.15) is 0 Å². The lowest BCUT2D eigenvalue weighted by Gasteiger charge is -2.04. The molecule has 4 nitrogen and oxygen atoms in total. The number of hydrogen-bond donors (Lipinski definition) is 2. The number of fused-ring (bicyclic) bond motifs is 1. The summed E-state index contributed by atoms with van der Waals surface area (Å²) in [7, 11) is 0. The second kappa shape index (κ2) is 8.06. The lowest BCUT2D eigenvalue weighted by atomic mass is 10.1. The van der Waals surface area contributed by atoms with Crippen LogP contribution in [0.3, 0.4) is 0 Å². The number of thiophene rings is 1. The molecular weight excluding hydrogens is 374 g/mol. The van der Waals surface area contributed by atoms with Gasteiger partial charge in [-0.3, -0.25) is 4.79 Å². The maximum absolute atomic E-state index is 12.2. The Hall–Kier alpha value is -2.44. The molecule has 0 saturated heterocycles. The Morgan fingerprint density at radius 1 is 1.19 bits per heavy atom. The number of nitrogens with zero attached hydrogens (tertiary/aromatic N) is 1. The molecule has 3 aromatic heterocycles. The Balaban J connectivity index is 1.24. The van der Waals surface area contributed by atoms with Crippen LogP contribution in [0.5, 0.6) is 0 Å². The third kappa shape index (κ3) is 4.28. The van der Waals surface area contributed by atoms with E-state index in [9.17, 15) is 4.79 Å². The maximum Gasteiger partial charge on any atom is 0.220 e. The first-order valence-electron chi connectivity index (χ1n) is 9.02. The predicted molar refractivity (Wildman–Crippen MR) is 113 cm³/mol. The molecule has 0 fully saturated rings. The highest BCUT2D eigenvalue weighted by atomic mass is 32.1. The zero-order valence-electron chi connectivity index (χ0n) is 15.1. The third-order valence-electron chi connectivity index (χ3n) is 4.52. The van der Waals surface area contributed by atoms with Crippen molar-refractivity contribution in [2.45, 2.75) is 26.2 Å². The fourth-order valence-corrected chi connectivity index (χ4v) is 4.78. The number of amides is 1. The molecule has 27 heavy (non-hydrogen) atoms. The number of para-hydroxylation sites is 1. The van der Waals surface area contributed by atoms with Crippen molar-refractivity contribution in [3.8, 4) is 10.6 Å². The van der Waals surface area contributed by atoms with Gasteiger partial charge in [0.25, 0.3) is 0 Å². The Bertz CT molecular complexity index is 1060. The largest absolute Gasteiger partial charge is 0.361 e. The average Bonchev–Trinajstić information content (AvgIpc) is 3.39. The number of aryl methyl sites for hydroxylation is 2. The smallest absolute Gasteiger partial charge is 0.220 e. The van der Waals surface area contributed by atoms with Crippen LogP contribution in [0, 0.1) is 6.92 Å². The number of thiazole rings is 1. The Morgan fingerprint density at radius 3 is 2.93 bits per heavy atom. The van der Waals surface area contributed by atoms with Gasteiger partial charge in [-0.15, -0.1) is 22.7 Å². The van der Waals surface area contributed by atoms with Crippen LogP contribution in [0.15, 0.2) is 48.0 Å². The third-order valence-corrected chi connectivity index (χ3v) is 6.46. The topological polar surface area (TPSA) is 57.8 Å². The van der Waals surface area contributed by atoms with Crippen LogP contribution in [0.1, 0.15) is 21.9 Å². The van der Waals surface area contributed by atoms with E-state index in [-0.39, 0.29) is 5.91 Å². The number of rotatable bonds is 7. The molecule has 0 atom stereocenters. The summed E-state index contributed by atoms with van der Waals surface area (Å²) in [6.45, 7) is 2.69. The molecule has 0 bridgehead atoms. The average molecular weight is 396 g/mol. The van der Waals surface area contributed by atoms with Crippen molar-refractivity contribution >= 4 is 39.5 Å². The van der Waals surface area contributed by atoms with Crippen LogP contribution >= 0.6 is 22.7 Å². The van der Waals surface area contributed by atoms with Crippen LogP contribution in [-0.4, -0.2) is 22.4 Å². The summed E-state index contributed by atoms with van der Waals surface area (Å²) in [5.41, 5.74) is 3.37. The molecule has 4 rings (SSSR count). The SMILES string of the molecule is Cc1nc(-c2ccc(CCNC(=O)CCc3c[nH]c4ccccc34)s2)cs1. The molecule has 0 aliphatic heterocycles. The number of nitrogens with one attached hydrogen (secondary N) is 2. The highest BCUT2D eigenvalue weighted by molar-refractivity contribution is 7.16. The molecule has 0 aliphatic rings. The standard InChI is InChI=1S/C21H21N3OS2/c1-14-24-19(13-26-14)20-8-7-16(27-20)10-11-22-21(25)9-6-15-12-23-18-5-3-2-4-17(15)18/h2-5,7-8,12-13,23H,6,9-11H2,1H3,(H,22,25). The van der Waals surface area contributed by atoms with Crippen LogP contribution in [0.25, 0.3) is 21.5 Å². The Kier molecular flexibility index (Phi) is 5.36. The summed E-state index contributed by atoms with van der Waals surface area (Å²) >= 11 is 3.42. The fraction of sp³-hybridized carbons (Fsp3) is 0.238. The van der Waals surface area contributed by atoms with E-state index in [2.05, 4.69) is 44.9 Å². The highest BCUT2D eigenvalue weighted by Gasteiger charge is 2.08. The van der Waals surface area contributed by atoms with Gasteiger partial charge in [-0.25, -0.2) is 4.98 Å². The molecule has 0 spiro atoms. The normalized spacial score (nSPS) is 11.1. The summed E-state index contributed by atoms with van der Waals surface area (Å²) in [6, 6.07) is 12.4. The summed E-state index contributed by atoms with van der Waals surface area (Å²) in [5.74, 6) is 0.104. The molecule has 2 N–H and O–H groups in total. The van der Waals surface area contributed by atoms with Crippen molar-refractivity contribution in [3.63, 3.8) is 0 Å². The zero-order valence-corrected chi connectivity index (χ0v) is 16.8. The van der Waals surface area contributed by atoms with Gasteiger partial charge in [-0.2, -0.15) is 0 Å². The van der Waals surface area contributed by atoms with Crippen molar-refractivity contribution in [3.05, 3.63) is 63.4 Å². The summed E-state index contributed by atoms with van der Waals surface area (Å²) in [4.78, 5) is 22.4. The number of aromatic nitrogens is 2. The lowest BCUT2D eigenvalue weighted by molar-refractivity contribution is -0.121. The Labute approximate surface area is 166 Å². The van der Waals surface area contributed by atoms with Gasteiger partial charge < -0.3 is 10.3 Å². The molecule has 0 saturated carbocycles. The minimum absolute atomic E-state index is 0.104. The van der Waals surface area contributed by atoms with Crippen LogP contribution in [0.2, 0.25) is 0 Å². The van der Waals surface area contributed by atoms with E-state index in [0.29, 0.717) is 13.0 Å². The van der Waals surface area contributed by atoms with Crippen molar-refractivity contribution in [1.82, 2.24) is 15.3 Å². The molecule has 3 heterocycles. The fourth-order valence-electron chi connectivity index (χ4n) is 3.13. The first kappa shape index (κ1) is 17.9. The summed E-state index contributed by atoms with van der Waals surface area (Å²) < 4.78 is 0. The number of carbonyl (C=O) groups is 1. The zero-order chi connectivity index (χ0) is 18.6. The van der Waals surface area contributed by atoms with E-state index < -0.39 is 0 Å². The monoisotopic (exact) mass is 395 g/mol. The van der Waals surface area contributed by atoms with Crippen LogP contribution < -0.4 is 5.32 Å². The van der Waals surface area contributed by atoms with Crippen LogP contribution in [0.4, 0.5) is 0 Å². The molecular formula is C21H21N3OS2. The van der Waals surface area contributed by atoms with Gasteiger partial charge in [0.2, 0.25) is 5.91 Å². The van der Waals surface area contributed by atoms with E-state index in [4.69, 9.17) is 0 Å². The highest BCUT2D eigenvalue weighted by Crippen LogP contribution is 2.29. The Morgan fingerprint density at radius 2 is 2.07 bits per heavy atom. The quantitative estimate of drug-likeness (QED) is 0.465. The first-order valence-corrected chi connectivity index (χ1v) is 10.7.